The number of hydrogen-bond acceptors (Lipinski definition) is 3. The van der Waals surface area contributed by atoms with Gasteiger partial charge in [0.1, 0.15) is 0 Å². The molecule has 0 aromatic rings. The van der Waals surface area contributed by atoms with E-state index in [0.717, 1.165) is 25.8 Å². The van der Waals surface area contributed by atoms with Gasteiger partial charge in [-0.1, -0.05) is 20.3 Å². The van der Waals surface area contributed by atoms with Gasteiger partial charge in [0, 0.05) is 12.3 Å². The summed E-state index contributed by atoms with van der Waals surface area (Å²) in [4.78, 5) is 0. The van der Waals surface area contributed by atoms with Crippen molar-refractivity contribution in [2.24, 2.45) is 0 Å². The lowest BCUT2D eigenvalue weighted by atomic mass is 10.3. The number of hydrogen-bond donors (Lipinski definition) is 1. The highest BCUT2D eigenvalue weighted by molar-refractivity contribution is 7.91. The fourth-order valence-electron chi connectivity index (χ4n) is 1.07. The van der Waals surface area contributed by atoms with Crippen LogP contribution in [0.1, 0.15) is 33.1 Å². The molecule has 0 saturated heterocycles. The third kappa shape index (κ3) is 8.25. The molecule has 0 aliphatic heterocycles. The summed E-state index contributed by atoms with van der Waals surface area (Å²) in [6.07, 6.45) is 2.99. The van der Waals surface area contributed by atoms with Crippen molar-refractivity contribution in [3.05, 3.63) is 0 Å². The third-order valence-electron chi connectivity index (χ3n) is 1.81. The van der Waals surface area contributed by atoms with E-state index < -0.39 is 9.84 Å². The summed E-state index contributed by atoms with van der Waals surface area (Å²) in [5, 5.41) is 3.12. The van der Waals surface area contributed by atoms with E-state index in [2.05, 4.69) is 12.2 Å². The average molecular weight is 207 g/mol. The molecule has 0 unspecified atom stereocenters. The highest BCUT2D eigenvalue weighted by atomic mass is 32.2. The lowest BCUT2D eigenvalue weighted by Crippen LogP contribution is -2.25. The average Bonchev–Trinajstić information content (AvgIpc) is 2.04. The van der Waals surface area contributed by atoms with Crippen LogP contribution >= 0.6 is 0 Å². The largest absolute Gasteiger partial charge is 0.316 e. The van der Waals surface area contributed by atoms with Crippen LogP contribution in [0.25, 0.3) is 0 Å². The molecule has 0 aromatic carbocycles. The molecule has 0 aliphatic rings. The van der Waals surface area contributed by atoms with Crippen LogP contribution in [0.2, 0.25) is 0 Å². The normalized spacial score (nSPS) is 11.8. The Hall–Kier alpha value is -0.0900. The van der Waals surface area contributed by atoms with E-state index in [1.54, 1.807) is 0 Å². The maximum absolute atomic E-state index is 11.2. The van der Waals surface area contributed by atoms with E-state index in [9.17, 15) is 8.42 Å². The standard InChI is InChI=1S/C9H21NO2S/c1-3-5-6-10-7-9-13(11,12)8-4-2/h10H,3-9H2,1-2H3. The van der Waals surface area contributed by atoms with Gasteiger partial charge in [0.25, 0.3) is 0 Å². The number of rotatable bonds is 8. The molecule has 13 heavy (non-hydrogen) atoms. The molecule has 0 heterocycles. The Morgan fingerprint density at radius 1 is 1.00 bits per heavy atom. The van der Waals surface area contributed by atoms with E-state index >= 15 is 0 Å². The molecular weight excluding hydrogens is 186 g/mol. The molecule has 0 radical (unpaired) electrons. The van der Waals surface area contributed by atoms with Crippen LogP contribution in [0.3, 0.4) is 0 Å². The summed E-state index contributed by atoms with van der Waals surface area (Å²) in [6, 6.07) is 0. The molecule has 0 aromatic heterocycles. The molecule has 4 heteroatoms. The first-order valence-corrected chi connectivity index (χ1v) is 6.85. The first kappa shape index (κ1) is 12.9. The topological polar surface area (TPSA) is 46.2 Å². The summed E-state index contributed by atoms with van der Waals surface area (Å²) in [6.45, 7) is 5.54. The van der Waals surface area contributed by atoms with Gasteiger partial charge in [-0.2, -0.15) is 0 Å². The van der Waals surface area contributed by atoms with Crippen LogP contribution in [0.5, 0.6) is 0 Å². The Balaban J connectivity index is 3.41. The highest BCUT2D eigenvalue weighted by Gasteiger charge is 2.07. The van der Waals surface area contributed by atoms with Crippen LogP contribution in [-0.2, 0) is 9.84 Å². The van der Waals surface area contributed by atoms with Crippen molar-refractivity contribution < 1.29 is 8.42 Å². The van der Waals surface area contributed by atoms with Crippen LogP contribution < -0.4 is 5.32 Å². The molecule has 0 amide bonds. The van der Waals surface area contributed by atoms with Crippen molar-refractivity contribution in [3.63, 3.8) is 0 Å². The summed E-state index contributed by atoms with van der Waals surface area (Å²) < 4.78 is 22.4. The number of unbranched alkanes of at least 4 members (excludes halogenated alkanes) is 1. The van der Waals surface area contributed by atoms with Gasteiger partial charge in [-0.05, 0) is 19.4 Å². The first-order chi connectivity index (χ1) is 6.12. The Morgan fingerprint density at radius 2 is 1.69 bits per heavy atom. The molecular formula is C9H21NO2S. The molecule has 0 spiro atoms. The fourth-order valence-corrected chi connectivity index (χ4v) is 2.35. The van der Waals surface area contributed by atoms with Gasteiger partial charge in [-0.15, -0.1) is 0 Å². The van der Waals surface area contributed by atoms with Gasteiger partial charge in [-0.25, -0.2) is 8.42 Å². The van der Waals surface area contributed by atoms with E-state index in [-0.39, 0.29) is 5.75 Å². The number of nitrogens with one attached hydrogen (secondary N) is 1. The maximum atomic E-state index is 11.2. The van der Waals surface area contributed by atoms with Gasteiger partial charge in [0.15, 0.2) is 9.84 Å². The summed E-state index contributed by atoms with van der Waals surface area (Å²) in [5.41, 5.74) is 0. The molecule has 1 N–H and O–H groups in total. The Labute approximate surface area is 81.8 Å². The second kappa shape index (κ2) is 7.33. The lowest BCUT2D eigenvalue weighted by Gasteiger charge is -2.04. The quantitative estimate of drug-likeness (QED) is 0.608. The Bertz CT molecular complexity index is 200. The highest BCUT2D eigenvalue weighted by Crippen LogP contribution is 1.92. The van der Waals surface area contributed by atoms with Crippen molar-refractivity contribution in [1.29, 1.82) is 0 Å². The minimum Gasteiger partial charge on any atom is -0.316 e. The predicted octanol–water partition coefficient (Wildman–Crippen LogP) is 1.20. The zero-order valence-electron chi connectivity index (χ0n) is 8.67. The first-order valence-electron chi connectivity index (χ1n) is 5.03. The van der Waals surface area contributed by atoms with E-state index in [4.69, 9.17) is 0 Å². The molecule has 0 atom stereocenters. The minimum absolute atomic E-state index is 0.282. The second-order valence-electron chi connectivity index (χ2n) is 3.26. The number of sulfone groups is 1. The van der Waals surface area contributed by atoms with Crippen molar-refractivity contribution in [1.82, 2.24) is 5.32 Å². The Morgan fingerprint density at radius 3 is 2.23 bits per heavy atom. The summed E-state index contributed by atoms with van der Waals surface area (Å²) in [7, 11) is -2.78. The molecule has 0 rings (SSSR count). The molecule has 3 nitrogen and oxygen atoms in total. The fraction of sp³-hybridized carbons (Fsp3) is 1.00. The van der Waals surface area contributed by atoms with E-state index in [1.807, 2.05) is 6.92 Å². The van der Waals surface area contributed by atoms with Gasteiger partial charge in [0.05, 0.1) is 5.75 Å². The smallest absolute Gasteiger partial charge is 0.151 e. The Kier molecular flexibility index (Phi) is 7.28. The third-order valence-corrected chi connectivity index (χ3v) is 3.67. The molecule has 0 aliphatic carbocycles. The van der Waals surface area contributed by atoms with Crippen molar-refractivity contribution in [2.75, 3.05) is 24.6 Å². The van der Waals surface area contributed by atoms with Gasteiger partial charge in [0.2, 0.25) is 0 Å². The van der Waals surface area contributed by atoms with Gasteiger partial charge in [-0.3, -0.25) is 0 Å². The van der Waals surface area contributed by atoms with Crippen molar-refractivity contribution >= 4 is 9.84 Å². The molecule has 0 fully saturated rings. The van der Waals surface area contributed by atoms with E-state index in [1.165, 1.54) is 0 Å². The van der Waals surface area contributed by atoms with E-state index in [0.29, 0.717) is 12.3 Å². The lowest BCUT2D eigenvalue weighted by molar-refractivity contribution is 0.587. The SMILES string of the molecule is CCCCNCCS(=O)(=O)CCC. The molecule has 0 saturated carbocycles. The van der Waals surface area contributed by atoms with Crippen molar-refractivity contribution in [3.8, 4) is 0 Å². The maximum Gasteiger partial charge on any atom is 0.151 e. The minimum atomic E-state index is -2.78. The van der Waals surface area contributed by atoms with Crippen LogP contribution in [0, 0.1) is 0 Å². The second-order valence-corrected chi connectivity index (χ2v) is 5.56. The zero-order valence-corrected chi connectivity index (χ0v) is 9.49. The van der Waals surface area contributed by atoms with Gasteiger partial charge < -0.3 is 5.32 Å². The monoisotopic (exact) mass is 207 g/mol. The zero-order chi connectivity index (χ0) is 10.2. The summed E-state index contributed by atoms with van der Waals surface area (Å²) >= 11 is 0. The van der Waals surface area contributed by atoms with Gasteiger partial charge >= 0.3 is 0 Å². The predicted molar refractivity (Wildman–Crippen MR) is 56.7 cm³/mol. The summed E-state index contributed by atoms with van der Waals surface area (Å²) in [5.74, 6) is 0.604. The molecule has 0 bridgehead atoms. The van der Waals surface area contributed by atoms with Crippen LogP contribution in [0.15, 0.2) is 0 Å². The van der Waals surface area contributed by atoms with Crippen LogP contribution in [-0.4, -0.2) is 33.0 Å². The van der Waals surface area contributed by atoms with Crippen LogP contribution in [0.4, 0.5) is 0 Å². The van der Waals surface area contributed by atoms with Crippen molar-refractivity contribution in [2.45, 2.75) is 33.1 Å². The molecule has 80 valence electrons.